The van der Waals surface area contributed by atoms with E-state index in [0.717, 1.165) is 6.07 Å². The van der Waals surface area contributed by atoms with Crippen LogP contribution in [0, 0.1) is 15.9 Å². The molecule has 4 rings (SSSR count). The number of para-hydroxylation sites is 2. The maximum absolute atomic E-state index is 13.3. The molecule has 1 N–H and O–H groups in total. The Balaban J connectivity index is 1.85. The highest BCUT2D eigenvalue weighted by Gasteiger charge is 2.25. The third kappa shape index (κ3) is 3.04. The average Bonchev–Trinajstić information content (AvgIpc) is 3.08. The average molecular weight is 385 g/mol. The highest BCUT2D eigenvalue weighted by Crippen LogP contribution is 2.32. The molecule has 0 aliphatic rings. The summed E-state index contributed by atoms with van der Waals surface area (Å²) in [7, 11) is 0. The molecule has 2 heterocycles. The van der Waals surface area contributed by atoms with Gasteiger partial charge in [0.2, 0.25) is 11.6 Å². The van der Waals surface area contributed by atoms with Crippen LogP contribution in [0.15, 0.2) is 55.1 Å². The Hall–Kier alpha value is -3.59. The lowest BCUT2D eigenvalue weighted by Crippen LogP contribution is -2.07. The lowest BCUT2D eigenvalue weighted by atomic mass is 10.3. The largest absolute Gasteiger partial charge is 0.354 e. The van der Waals surface area contributed by atoms with Gasteiger partial charge in [-0.15, -0.1) is 0 Å². The van der Waals surface area contributed by atoms with Gasteiger partial charge in [-0.2, -0.15) is 0 Å². The van der Waals surface area contributed by atoms with Crippen molar-refractivity contribution in [1.29, 1.82) is 0 Å². The van der Waals surface area contributed by atoms with Crippen LogP contribution in [0.1, 0.15) is 0 Å². The number of anilines is 2. The molecule has 0 unspecified atom stereocenters. The molecule has 0 amide bonds. The molecule has 134 valence electrons. The minimum absolute atomic E-state index is 0.0505. The molecule has 10 heteroatoms. The van der Waals surface area contributed by atoms with Crippen molar-refractivity contribution in [1.82, 2.24) is 19.5 Å². The Bertz CT molecular complexity index is 1180. The predicted octanol–water partition coefficient (Wildman–Crippen LogP) is 4.26. The third-order valence-electron chi connectivity index (χ3n) is 3.85. The van der Waals surface area contributed by atoms with Gasteiger partial charge in [-0.05, 0) is 30.3 Å². The minimum Gasteiger partial charge on any atom is -0.334 e. The molecule has 2 aromatic carbocycles. The van der Waals surface area contributed by atoms with E-state index in [1.165, 1.54) is 29.4 Å². The molecule has 0 aliphatic heterocycles. The number of imidazole rings is 1. The summed E-state index contributed by atoms with van der Waals surface area (Å²) in [4.78, 5) is 23.4. The smallest absolute Gasteiger partial charge is 0.334 e. The molecule has 27 heavy (non-hydrogen) atoms. The summed E-state index contributed by atoms with van der Waals surface area (Å²) in [5, 5.41) is 14.4. The highest BCUT2D eigenvalue weighted by molar-refractivity contribution is 6.31. The first kappa shape index (κ1) is 16.9. The van der Waals surface area contributed by atoms with Crippen molar-refractivity contribution in [3.8, 4) is 5.82 Å². The van der Waals surface area contributed by atoms with E-state index in [9.17, 15) is 14.5 Å². The van der Waals surface area contributed by atoms with Gasteiger partial charge in [-0.25, -0.2) is 19.3 Å². The maximum atomic E-state index is 13.3. The van der Waals surface area contributed by atoms with Gasteiger partial charge in [0.1, 0.15) is 18.5 Å². The van der Waals surface area contributed by atoms with Crippen molar-refractivity contribution in [2.24, 2.45) is 0 Å². The van der Waals surface area contributed by atoms with Crippen LogP contribution >= 0.6 is 11.6 Å². The molecule has 0 spiro atoms. The van der Waals surface area contributed by atoms with Gasteiger partial charge in [-0.1, -0.05) is 23.7 Å². The van der Waals surface area contributed by atoms with Gasteiger partial charge in [-0.3, -0.25) is 14.7 Å². The van der Waals surface area contributed by atoms with E-state index >= 15 is 0 Å². The predicted molar refractivity (Wildman–Crippen MR) is 98.0 cm³/mol. The van der Waals surface area contributed by atoms with Crippen molar-refractivity contribution in [3.63, 3.8) is 0 Å². The Labute approximate surface area is 156 Å². The van der Waals surface area contributed by atoms with Crippen LogP contribution in [-0.4, -0.2) is 24.4 Å². The summed E-state index contributed by atoms with van der Waals surface area (Å²) in [6, 6.07) is 11.1. The second-order valence-corrected chi connectivity index (χ2v) is 5.92. The fourth-order valence-electron chi connectivity index (χ4n) is 2.64. The van der Waals surface area contributed by atoms with E-state index in [-0.39, 0.29) is 22.3 Å². The monoisotopic (exact) mass is 384 g/mol. The van der Waals surface area contributed by atoms with Crippen LogP contribution in [0.3, 0.4) is 0 Å². The summed E-state index contributed by atoms with van der Waals surface area (Å²) in [6.07, 6.45) is 2.66. The van der Waals surface area contributed by atoms with Crippen LogP contribution < -0.4 is 5.32 Å². The van der Waals surface area contributed by atoms with E-state index in [0.29, 0.717) is 16.7 Å². The number of benzene rings is 2. The van der Waals surface area contributed by atoms with Crippen molar-refractivity contribution in [3.05, 3.63) is 76.1 Å². The van der Waals surface area contributed by atoms with Crippen molar-refractivity contribution >= 4 is 39.8 Å². The Kier molecular flexibility index (Phi) is 4.13. The number of hydrogen-bond acceptors (Lipinski definition) is 6. The third-order valence-corrected chi connectivity index (χ3v) is 4.14. The molecule has 0 radical (unpaired) electrons. The molecule has 0 atom stereocenters. The zero-order chi connectivity index (χ0) is 19.0. The summed E-state index contributed by atoms with van der Waals surface area (Å²) in [5.74, 6) is -0.588. The van der Waals surface area contributed by atoms with E-state index < -0.39 is 10.7 Å². The fraction of sp³-hybridized carbons (Fsp3) is 0. The van der Waals surface area contributed by atoms with Crippen molar-refractivity contribution in [2.75, 3.05) is 5.32 Å². The molecular weight excluding hydrogens is 375 g/mol. The zero-order valence-electron chi connectivity index (χ0n) is 13.5. The van der Waals surface area contributed by atoms with E-state index in [4.69, 9.17) is 11.6 Å². The van der Waals surface area contributed by atoms with Gasteiger partial charge in [0.15, 0.2) is 0 Å². The van der Waals surface area contributed by atoms with Crippen LogP contribution in [-0.2, 0) is 0 Å². The fourth-order valence-corrected chi connectivity index (χ4v) is 2.82. The number of rotatable bonds is 4. The number of halogens is 2. The molecule has 0 saturated heterocycles. The van der Waals surface area contributed by atoms with Gasteiger partial charge in [0, 0.05) is 5.69 Å². The summed E-state index contributed by atoms with van der Waals surface area (Å²) < 4.78 is 14.9. The second kappa shape index (κ2) is 6.61. The lowest BCUT2D eigenvalue weighted by molar-refractivity contribution is -0.384. The molecule has 0 saturated carbocycles. The van der Waals surface area contributed by atoms with E-state index in [2.05, 4.69) is 20.3 Å². The molecule has 0 bridgehead atoms. The van der Waals surface area contributed by atoms with E-state index in [1.54, 1.807) is 18.2 Å². The number of fused-ring (bicyclic) bond motifs is 1. The molecule has 2 aromatic heterocycles. The summed E-state index contributed by atoms with van der Waals surface area (Å²) >= 11 is 5.77. The molecule has 4 aromatic rings. The lowest BCUT2D eigenvalue weighted by Gasteiger charge is -2.10. The summed E-state index contributed by atoms with van der Waals surface area (Å²) in [5.41, 5.74) is 1.34. The normalized spacial score (nSPS) is 10.9. The van der Waals surface area contributed by atoms with E-state index in [1.807, 2.05) is 6.07 Å². The van der Waals surface area contributed by atoms with Gasteiger partial charge in [0.25, 0.3) is 0 Å². The first-order chi connectivity index (χ1) is 13.0. The topological polar surface area (TPSA) is 98.8 Å². The molecule has 0 aliphatic carbocycles. The van der Waals surface area contributed by atoms with Crippen LogP contribution in [0.25, 0.3) is 16.9 Å². The Morgan fingerprint density at radius 3 is 2.74 bits per heavy atom. The van der Waals surface area contributed by atoms with Crippen LogP contribution in [0.5, 0.6) is 0 Å². The Morgan fingerprint density at radius 2 is 1.96 bits per heavy atom. The van der Waals surface area contributed by atoms with Gasteiger partial charge >= 0.3 is 5.69 Å². The first-order valence-electron chi connectivity index (χ1n) is 7.68. The number of nitrogens with one attached hydrogen (secondary N) is 1. The first-order valence-corrected chi connectivity index (χ1v) is 8.06. The SMILES string of the molecule is O=[N+]([O-])c1c(Nc2ccc(F)c(Cl)c2)ncnc1-n1cnc2ccccc21. The number of hydrogen-bond donors (Lipinski definition) is 1. The van der Waals surface area contributed by atoms with Gasteiger partial charge in [0.05, 0.1) is 21.0 Å². The highest BCUT2D eigenvalue weighted by atomic mass is 35.5. The molecular formula is C17H10ClFN6O2. The maximum Gasteiger partial charge on any atom is 0.354 e. The van der Waals surface area contributed by atoms with Crippen LogP contribution in [0.4, 0.5) is 21.6 Å². The molecule has 8 nitrogen and oxygen atoms in total. The minimum atomic E-state index is -0.593. The van der Waals surface area contributed by atoms with Crippen molar-refractivity contribution < 1.29 is 9.31 Å². The van der Waals surface area contributed by atoms with Crippen molar-refractivity contribution in [2.45, 2.75) is 0 Å². The number of aromatic nitrogens is 4. The zero-order valence-corrected chi connectivity index (χ0v) is 14.3. The van der Waals surface area contributed by atoms with Gasteiger partial charge < -0.3 is 5.32 Å². The number of nitro groups is 1. The van der Waals surface area contributed by atoms with Crippen LogP contribution in [0.2, 0.25) is 5.02 Å². The number of nitrogens with zero attached hydrogens (tertiary/aromatic N) is 5. The quantitative estimate of drug-likeness (QED) is 0.417. The summed E-state index contributed by atoms with van der Waals surface area (Å²) in [6.45, 7) is 0. The second-order valence-electron chi connectivity index (χ2n) is 5.51. The standard InChI is InChI=1S/C17H10ClFN6O2/c18-11-7-10(5-6-12(11)19)23-16-15(25(26)27)17(21-8-20-16)24-9-22-13-3-1-2-4-14(13)24/h1-9H,(H,20,21,23). The Morgan fingerprint density at radius 1 is 1.15 bits per heavy atom. The molecule has 0 fully saturated rings.